The zero-order chi connectivity index (χ0) is 15.4. The van der Waals surface area contributed by atoms with Crippen molar-refractivity contribution in [2.75, 3.05) is 19.6 Å². The number of hydrogen-bond donors (Lipinski definition) is 1. The van der Waals surface area contributed by atoms with Gasteiger partial charge in [-0.25, -0.2) is 9.37 Å². The molecule has 3 rings (SSSR count). The highest BCUT2D eigenvalue weighted by atomic mass is 32.1. The van der Waals surface area contributed by atoms with Crippen molar-refractivity contribution in [3.63, 3.8) is 0 Å². The summed E-state index contributed by atoms with van der Waals surface area (Å²) in [5.74, 6) is -0.165. The van der Waals surface area contributed by atoms with Gasteiger partial charge in [0.2, 0.25) is 5.91 Å². The van der Waals surface area contributed by atoms with Gasteiger partial charge in [0.1, 0.15) is 5.82 Å². The van der Waals surface area contributed by atoms with E-state index in [1.165, 1.54) is 23.5 Å². The summed E-state index contributed by atoms with van der Waals surface area (Å²) in [5.41, 5.74) is 3.57. The van der Waals surface area contributed by atoms with E-state index in [-0.39, 0.29) is 17.8 Å². The SMILES string of the molecule is O=C(CCc1cscn1)N1CCNCC1c1cccc(F)c1. The normalized spacial score (nSPS) is 18.4. The Kier molecular flexibility index (Phi) is 4.80. The number of thiazole rings is 1. The number of amides is 1. The topological polar surface area (TPSA) is 45.2 Å². The molecule has 0 spiro atoms. The number of aromatic nitrogens is 1. The van der Waals surface area contributed by atoms with Gasteiger partial charge < -0.3 is 10.2 Å². The molecule has 1 aliphatic rings. The minimum atomic E-state index is -0.266. The van der Waals surface area contributed by atoms with E-state index >= 15 is 0 Å². The van der Waals surface area contributed by atoms with E-state index in [1.54, 1.807) is 11.6 Å². The molecule has 116 valence electrons. The average Bonchev–Trinajstić information content (AvgIpc) is 3.06. The van der Waals surface area contributed by atoms with Crippen molar-refractivity contribution < 1.29 is 9.18 Å². The highest BCUT2D eigenvalue weighted by molar-refractivity contribution is 7.07. The van der Waals surface area contributed by atoms with Gasteiger partial charge in [-0.3, -0.25) is 4.79 Å². The maximum atomic E-state index is 13.5. The molecule has 1 amide bonds. The van der Waals surface area contributed by atoms with Crippen LogP contribution in [0, 0.1) is 5.82 Å². The number of halogens is 1. The summed E-state index contributed by atoms with van der Waals surface area (Å²) in [6.45, 7) is 2.08. The zero-order valence-electron chi connectivity index (χ0n) is 12.2. The first kappa shape index (κ1) is 15.1. The van der Waals surface area contributed by atoms with E-state index in [9.17, 15) is 9.18 Å². The van der Waals surface area contributed by atoms with E-state index in [0.29, 0.717) is 25.9 Å². The third kappa shape index (κ3) is 3.51. The van der Waals surface area contributed by atoms with Crippen LogP contribution in [0.25, 0.3) is 0 Å². The molecule has 0 aliphatic carbocycles. The van der Waals surface area contributed by atoms with Crippen molar-refractivity contribution in [3.8, 4) is 0 Å². The second-order valence-electron chi connectivity index (χ2n) is 5.34. The Morgan fingerprint density at radius 1 is 1.50 bits per heavy atom. The second kappa shape index (κ2) is 6.98. The average molecular weight is 319 g/mol. The summed E-state index contributed by atoms with van der Waals surface area (Å²) in [7, 11) is 0. The predicted octanol–water partition coefficient (Wildman–Crippen LogP) is 2.39. The summed E-state index contributed by atoms with van der Waals surface area (Å²) >= 11 is 1.54. The van der Waals surface area contributed by atoms with E-state index in [2.05, 4.69) is 10.3 Å². The Morgan fingerprint density at radius 3 is 3.18 bits per heavy atom. The number of nitrogens with one attached hydrogen (secondary N) is 1. The van der Waals surface area contributed by atoms with Crippen LogP contribution in [0.5, 0.6) is 0 Å². The molecule has 0 saturated carbocycles. The Morgan fingerprint density at radius 2 is 2.41 bits per heavy atom. The summed E-state index contributed by atoms with van der Waals surface area (Å²) in [5, 5.41) is 5.25. The number of nitrogens with zero attached hydrogens (tertiary/aromatic N) is 2. The van der Waals surface area contributed by atoms with Crippen LogP contribution < -0.4 is 5.32 Å². The zero-order valence-corrected chi connectivity index (χ0v) is 13.0. The fourth-order valence-electron chi connectivity index (χ4n) is 2.75. The maximum Gasteiger partial charge on any atom is 0.223 e. The second-order valence-corrected chi connectivity index (χ2v) is 6.06. The van der Waals surface area contributed by atoms with Crippen molar-refractivity contribution in [2.24, 2.45) is 0 Å². The lowest BCUT2D eigenvalue weighted by atomic mass is 10.0. The van der Waals surface area contributed by atoms with E-state index in [1.807, 2.05) is 16.3 Å². The lowest BCUT2D eigenvalue weighted by Gasteiger charge is -2.36. The van der Waals surface area contributed by atoms with Gasteiger partial charge in [-0.05, 0) is 24.1 Å². The molecular weight excluding hydrogens is 301 g/mol. The number of carbonyl (C=O) groups is 1. The Labute approximate surface area is 133 Å². The molecule has 6 heteroatoms. The van der Waals surface area contributed by atoms with Gasteiger partial charge in [-0.15, -0.1) is 11.3 Å². The van der Waals surface area contributed by atoms with Crippen molar-refractivity contribution >= 4 is 17.2 Å². The number of rotatable bonds is 4. The summed E-state index contributed by atoms with van der Waals surface area (Å²) in [6.07, 6.45) is 1.09. The molecule has 1 saturated heterocycles. The molecule has 2 aromatic rings. The molecule has 1 unspecified atom stereocenters. The molecule has 4 nitrogen and oxygen atoms in total. The highest BCUT2D eigenvalue weighted by Gasteiger charge is 2.27. The smallest absolute Gasteiger partial charge is 0.223 e. The number of benzene rings is 1. The van der Waals surface area contributed by atoms with Crippen LogP contribution in [0.4, 0.5) is 4.39 Å². The highest BCUT2D eigenvalue weighted by Crippen LogP contribution is 2.24. The number of piperazine rings is 1. The van der Waals surface area contributed by atoms with E-state index in [4.69, 9.17) is 0 Å². The Bertz CT molecular complexity index is 632. The van der Waals surface area contributed by atoms with Gasteiger partial charge in [-0.2, -0.15) is 0 Å². The molecule has 1 aromatic carbocycles. The summed E-state index contributed by atoms with van der Waals surface area (Å²) < 4.78 is 13.5. The van der Waals surface area contributed by atoms with Crippen LogP contribution in [0.2, 0.25) is 0 Å². The molecule has 1 aromatic heterocycles. The van der Waals surface area contributed by atoms with Gasteiger partial charge in [-0.1, -0.05) is 12.1 Å². The minimum absolute atomic E-state index is 0.101. The minimum Gasteiger partial charge on any atom is -0.333 e. The molecule has 1 aliphatic heterocycles. The standard InChI is InChI=1S/C16H18FN3OS/c17-13-3-1-2-12(8-13)15-9-18-6-7-20(15)16(21)5-4-14-10-22-11-19-14/h1-3,8,10-11,15,18H,4-7,9H2. The van der Waals surface area contributed by atoms with Gasteiger partial charge in [0.05, 0.1) is 17.2 Å². The van der Waals surface area contributed by atoms with Crippen molar-refractivity contribution in [1.29, 1.82) is 0 Å². The molecule has 22 heavy (non-hydrogen) atoms. The Hall–Kier alpha value is -1.79. The summed E-state index contributed by atoms with van der Waals surface area (Å²) in [4.78, 5) is 18.6. The quantitative estimate of drug-likeness (QED) is 0.941. The first-order chi connectivity index (χ1) is 10.7. The molecular formula is C16H18FN3OS. The summed E-state index contributed by atoms with van der Waals surface area (Å²) in [6, 6.07) is 6.40. The largest absolute Gasteiger partial charge is 0.333 e. The molecule has 2 heterocycles. The van der Waals surface area contributed by atoms with Gasteiger partial charge in [0.15, 0.2) is 0 Å². The fraction of sp³-hybridized carbons (Fsp3) is 0.375. The first-order valence-corrected chi connectivity index (χ1v) is 8.31. The van der Waals surface area contributed by atoms with E-state index < -0.39 is 0 Å². The molecule has 0 radical (unpaired) electrons. The first-order valence-electron chi connectivity index (χ1n) is 7.37. The molecule has 0 bridgehead atoms. The van der Waals surface area contributed by atoms with Crippen molar-refractivity contribution in [2.45, 2.75) is 18.9 Å². The third-order valence-corrected chi connectivity index (χ3v) is 4.51. The van der Waals surface area contributed by atoms with Crippen LogP contribution in [0.3, 0.4) is 0 Å². The fourth-order valence-corrected chi connectivity index (χ4v) is 3.35. The molecule has 1 atom stereocenters. The number of carbonyl (C=O) groups excluding carboxylic acids is 1. The van der Waals surface area contributed by atoms with Crippen molar-refractivity contribution in [3.05, 3.63) is 52.2 Å². The predicted molar refractivity (Wildman–Crippen MR) is 84.2 cm³/mol. The monoisotopic (exact) mass is 319 g/mol. The van der Waals surface area contributed by atoms with Gasteiger partial charge in [0.25, 0.3) is 0 Å². The molecule has 1 N–H and O–H groups in total. The van der Waals surface area contributed by atoms with E-state index in [0.717, 1.165) is 17.8 Å². The van der Waals surface area contributed by atoms with Crippen LogP contribution in [-0.2, 0) is 11.2 Å². The van der Waals surface area contributed by atoms with Crippen LogP contribution >= 0.6 is 11.3 Å². The lowest BCUT2D eigenvalue weighted by Crippen LogP contribution is -2.48. The maximum absolute atomic E-state index is 13.5. The van der Waals surface area contributed by atoms with Crippen LogP contribution in [0.15, 0.2) is 35.2 Å². The van der Waals surface area contributed by atoms with Gasteiger partial charge in [0, 0.05) is 31.4 Å². The van der Waals surface area contributed by atoms with Gasteiger partial charge >= 0.3 is 0 Å². The Balaban J connectivity index is 1.70. The van der Waals surface area contributed by atoms with Crippen LogP contribution in [0.1, 0.15) is 23.7 Å². The van der Waals surface area contributed by atoms with Crippen molar-refractivity contribution in [1.82, 2.24) is 15.2 Å². The van der Waals surface area contributed by atoms with Crippen LogP contribution in [-0.4, -0.2) is 35.4 Å². The number of aryl methyl sites for hydroxylation is 1. The number of hydrogen-bond acceptors (Lipinski definition) is 4. The molecule has 1 fully saturated rings. The third-order valence-electron chi connectivity index (χ3n) is 3.88. The lowest BCUT2D eigenvalue weighted by molar-refractivity contribution is -0.134.